The van der Waals surface area contributed by atoms with Crippen LogP contribution in [0, 0.1) is 0 Å². The smallest absolute Gasteiger partial charge is 0.293 e. The zero-order chi connectivity index (χ0) is 23.4. The van der Waals surface area contributed by atoms with Crippen molar-refractivity contribution in [2.24, 2.45) is 0 Å². The summed E-state index contributed by atoms with van der Waals surface area (Å²) >= 11 is 6.50. The van der Waals surface area contributed by atoms with E-state index in [0.29, 0.717) is 28.3 Å². The molecule has 6 nitrogen and oxygen atoms in total. The molecule has 0 bridgehead atoms. The number of H-pyrrole nitrogens is 1. The van der Waals surface area contributed by atoms with Gasteiger partial charge in [0.15, 0.2) is 9.84 Å². The van der Waals surface area contributed by atoms with Crippen molar-refractivity contribution in [1.29, 1.82) is 0 Å². The number of hydrogen-bond donors (Lipinski definition) is 1. The van der Waals surface area contributed by atoms with Gasteiger partial charge in [-0.3, -0.25) is 4.79 Å². The number of ether oxygens (including phenoxy) is 1. The first kappa shape index (κ1) is 22.8. The van der Waals surface area contributed by atoms with Gasteiger partial charge in [-0.25, -0.2) is 13.4 Å². The van der Waals surface area contributed by atoms with Crippen LogP contribution >= 0.6 is 11.6 Å². The molecule has 4 aromatic rings. The number of aromatic amines is 1. The highest BCUT2D eigenvalue weighted by Gasteiger charge is 2.34. The van der Waals surface area contributed by atoms with Crippen LogP contribution in [0.3, 0.4) is 0 Å². The van der Waals surface area contributed by atoms with E-state index in [0.717, 1.165) is 17.4 Å². The predicted octanol–water partition coefficient (Wildman–Crippen LogP) is 5.18. The number of benzene rings is 3. The van der Waals surface area contributed by atoms with Crippen molar-refractivity contribution in [2.45, 2.75) is 16.9 Å². The van der Waals surface area contributed by atoms with E-state index >= 15 is 0 Å². The van der Waals surface area contributed by atoms with Gasteiger partial charge in [-0.05, 0) is 28.8 Å². The molecule has 1 aromatic heterocycles. The molecule has 0 fully saturated rings. The quantitative estimate of drug-likeness (QED) is 0.351. The molecule has 0 saturated carbocycles. The molecule has 0 aliphatic carbocycles. The number of sulfone groups is 1. The maximum atomic E-state index is 12.9. The molecule has 168 valence electrons. The molecular weight excluding hydrogens is 460 g/mol. The Labute approximate surface area is 197 Å². The second-order valence-corrected chi connectivity index (χ2v) is 9.93. The first-order chi connectivity index (χ1) is 15.9. The third-order valence-electron chi connectivity index (χ3n) is 5.41. The molecular formula is C25H21ClN2O4S. The van der Waals surface area contributed by atoms with Crippen LogP contribution in [0.4, 0.5) is 0 Å². The van der Waals surface area contributed by atoms with E-state index in [2.05, 4.69) is 9.97 Å². The number of carbonyl (C=O) groups is 1. The second-order valence-electron chi connectivity index (χ2n) is 7.54. The molecule has 1 heterocycles. The summed E-state index contributed by atoms with van der Waals surface area (Å²) in [6.45, 7) is 0.318. The minimum Gasteiger partial charge on any atom is -0.459 e. The van der Waals surface area contributed by atoms with Crippen molar-refractivity contribution in [2.75, 3.05) is 6.26 Å². The molecule has 33 heavy (non-hydrogen) atoms. The van der Waals surface area contributed by atoms with Gasteiger partial charge in [0.1, 0.15) is 6.10 Å². The van der Waals surface area contributed by atoms with Crippen LogP contribution in [0.5, 0.6) is 0 Å². The van der Waals surface area contributed by atoms with E-state index in [-0.39, 0.29) is 4.90 Å². The van der Waals surface area contributed by atoms with Crippen molar-refractivity contribution in [3.05, 3.63) is 107 Å². The zero-order valence-electron chi connectivity index (χ0n) is 17.7. The van der Waals surface area contributed by atoms with Gasteiger partial charge in [0.25, 0.3) is 6.47 Å². The summed E-state index contributed by atoms with van der Waals surface area (Å²) in [6.07, 6.45) is 3.33. The Bertz CT molecular complexity index is 1360. The van der Waals surface area contributed by atoms with Crippen molar-refractivity contribution in [3.8, 4) is 11.1 Å². The molecule has 1 N–H and O–H groups in total. The Morgan fingerprint density at radius 3 is 2.33 bits per heavy atom. The number of nitrogens with one attached hydrogen (secondary N) is 1. The van der Waals surface area contributed by atoms with Crippen molar-refractivity contribution in [1.82, 2.24) is 9.97 Å². The minimum absolute atomic E-state index is 0.0725. The van der Waals surface area contributed by atoms with Gasteiger partial charge in [0, 0.05) is 23.0 Å². The molecule has 2 unspecified atom stereocenters. The first-order valence-corrected chi connectivity index (χ1v) is 12.4. The van der Waals surface area contributed by atoms with Crippen LogP contribution in [0.15, 0.2) is 90.2 Å². The number of aromatic nitrogens is 2. The lowest BCUT2D eigenvalue weighted by Gasteiger charge is -2.27. The highest BCUT2D eigenvalue weighted by atomic mass is 35.5. The lowest BCUT2D eigenvalue weighted by atomic mass is 9.86. The third-order valence-corrected chi connectivity index (χ3v) is 6.91. The summed E-state index contributed by atoms with van der Waals surface area (Å²) in [4.78, 5) is 18.9. The van der Waals surface area contributed by atoms with Crippen molar-refractivity contribution >= 4 is 27.9 Å². The topological polar surface area (TPSA) is 89.1 Å². The number of halogens is 1. The molecule has 0 saturated heterocycles. The molecule has 4 rings (SSSR count). The molecule has 0 aliphatic heterocycles. The molecule has 0 aliphatic rings. The average molecular weight is 481 g/mol. The monoisotopic (exact) mass is 480 g/mol. The van der Waals surface area contributed by atoms with E-state index < -0.39 is 21.9 Å². The van der Waals surface area contributed by atoms with Crippen molar-refractivity contribution in [3.63, 3.8) is 0 Å². The van der Waals surface area contributed by atoms with Gasteiger partial charge < -0.3 is 9.72 Å². The third kappa shape index (κ3) is 4.84. The molecule has 2 atom stereocenters. The lowest BCUT2D eigenvalue weighted by molar-refractivity contribution is -0.134. The Morgan fingerprint density at radius 1 is 0.970 bits per heavy atom. The van der Waals surface area contributed by atoms with Gasteiger partial charge in [0.2, 0.25) is 0 Å². The van der Waals surface area contributed by atoms with Gasteiger partial charge in [-0.1, -0.05) is 72.3 Å². The SMILES string of the molecule is CS(=O)(=O)c1cc(-c2ccccc2)ccc1C(OC=O)C(c1c[nH]cn1)c1ccccc1Cl. The molecule has 8 heteroatoms. The zero-order valence-corrected chi connectivity index (χ0v) is 19.3. The molecule has 0 spiro atoms. The highest BCUT2D eigenvalue weighted by Crippen LogP contribution is 2.43. The van der Waals surface area contributed by atoms with E-state index in [9.17, 15) is 13.2 Å². The summed E-state index contributed by atoms with van der Waals surface area (Å²) in [6, 6.07) is 21.7. The van der Waals surface area contributed by atoms with Crippen LogP contribution in [0.2, 0.25) is 5.02 Å². The number of carbonyl (C=O) groups excluding carboxylic acids is 1. The molecule has 0 radical (unpaired) electrons. The Balaban J connectivity index is 1.94. The van der Waals surface area contributed by atoms with Crippen LogP contribution in [0.1, 0.15) is 28.8 Å². The normalized spacial score (nSPS) is 13.3. The van der Waals surface area contributed by atoms with Crippen LogP contribution < -0.4 is 0 Å². The first-order valence-electron chi connectivity index (χ1n) is 10.1. The van der Waals surface area contributed by atoms with Gasteiger partial charge >= 0.3 is 0 Å². The predicted molar refractivity (Wildman–Crippen MR) is 127 cm³/mol. The molecule has 0 amide bonds. The van der Waals surface area contributed by atoms with Crippen LogP contribution in [-0.4, -0.2) is 31.1 Å². The van der Waals surface area contributed by atoms with E-state index in [4.69, 9.17) is 16.3 Å². The fourth-order valence-corrected chi connectivity index (χ4v) is 5.15. The van der Waals surface area contributed by atoms with E-state index in [1.807, 2.05) is 42.5 Å². The Kier molecular flexibility index (Phi) is 6.62. The maximum Gasteiger partial charge on any atom is 0.293 e. The second kappa shape index (κ2) is 9.60. The number of imidazole rings is 1. The van der Waals surface area contributed by atoms with Gasteiger partial charge in [-0.2, -0.15) is 0 Å². The summed E-state index contributed by atoms with van der Waals surface area (Å²) in [7, 11) is -3.68. The maximum absolute atomic E-state index is 12.9. The highest BCUT2D eigenvalue weighted by molar-refractivity contribution is 7.90. The fraction of sp³-hybridized carbons (Fsp3) is 0.120. The lowest BCUT2D eigenvalue weighted by Crippen LogP contribution is -2.19. The van der Waals surface area contributed by atoms with Crippen LogP contribution in [0.25, 0.3) is 11.1 Å². The summed E-state index contributed by atoms with van der Waals surface area (Å²) in [5.74, 6) is -0.641. The van der Waals surface area contributed by atoms with Gasteiger partial charge in [-0.15, -0.1) is 0 Å². The average Bonchev–Trinajstić information content (AvgIpc) is 3.34. The Hall–Kier alpha value is -3.42. The van der Waals surface area contributed by atoms with Crippen molar-refractivity contribution < 1.29 is 17.9 Å². The van der Waals surface area contributed by atoms with E-state index in [1.54, 1.807) is 36.5 Å². The number of rotatable bonds is 8. The summed E-state index contributed by atoms with van der Waals surface area (Å²) < 4.78 is 31.3. The number of hydrogen-bond acceptors (Lipinski definition) is 5. The van der Waals surface area contributed by atoms with Crippen LogP contribution in [-0.2, 0) is 19.4 Å². The van der Waals surface area contributed by atoms with E-state index in [1.165, 1.54) is 6.33 Å². The number of nitrogens with zero attached hydrogens (tertiary/aromatic N) is 1. The fourth-order valence-electron chi connectivity index (χ4n) is 3.94. The Morgan fingerprint density at radius 2 is 1.70 bits per heavy atom. The standard InChI is InChI=1S/C25H21ClN2O4S/c1-33(30,31)23-13-18(17-7-3-2-4-8-17)11-12-20(23)25(32-16-29)24(22-14-27-15-28-22)19-9-5-6-10-21(19)26/h2-16,24-25H,1H3,(H,27,28). The summed E-state index contributed by atoms with van der Waals surface area (Å²) in [5, 5.41) is 0.451. The summed E-state index contributed by atoms with van der Waals surface area (Å²) in [5.41, 5.74) is 3.17. The molecule has 3 aromatic carbocycles. The largest absolute Gasteiger partial charge is 0.459 e. The van der Waals surface area contributed by atoms with Gasteiger partial charge in [0.05, 0.1) is 22.8 Å². The minimum atomic E-state index is -3.68.